The normalized spacial score (nSPS) is 16.7. The van der Waals surface area contributed by atoms with Crippen LogP contribution in [0.25, 0.3) is 0 Å². The zero-order chi connectivity index (χ0) is 11.8. The van der Waals surface area contributed by atoms with E-state index in [-0.39, 0.29) is 11.4 Å². The van der Waals surface area contributed by atoms with Crippen LogP contribution in [-0.4, -0.2) is 25.0 Å². The van der Waals surface area contributed by atoms with E-state index in [0.717, 1.165) is 17.7 Å². The van der Waals surface area contributed by atoms with Gasteiger partial charge in [-0.3, -0.25) is 4.79 Å². The van der Waals surface area contributed by atoms with Crippen LogP contribution in [0.15, 0.2) is 18.2 Å². The first-order valence-electron chi connectivity index (χ1n) is 5.52. The Morgan fingerprint density at radius 1 is 1.50 bits per heavy atom. The monoisotopic (exact) mass is 219 g/mol. The lowest BCUT2D eigenvalue weighted by molar-refractivity contribution is 0.0979. The number of likely N-dealkylation sites (N-methyl/N-ethyl adjacent to an activating group) is 1. The van der Waals surface area contributed by atoms with E-state index in [2.05, 4.69) is 5.32 Å². The largest absolute Gasteiger partial charge is 0.486 e. The molecule has 0 saturated heterocycles. The summed E-state index contributed by atoms with van der Waals surface area (Å²) in [6.07, 6.45) is 0.864. The number of carbonyl (C=O) groups excluding carboxylic acids is 1. The Morgan fingerprint density at radius 2 is 2.25 bits per heavy atom. The Hall–Kier alpha value is -1.35. The molecule has 0 fully saturated rings. The van der Waals surface area contributed by atoms with Gasteiger partial charge in [0.05, 0.1) is 12.1 Å². The van der Waals surface area contributed by atoms with Gasteiger partial charge in [-0.2, -0.15) is 0 Å². The second kappa shape index (κ2) is 3.91. The number of benzene rings is 1. The highest BCUT2D eigenvalue weighted by Crippen LogP contribution is 2.37. The second-order valence-corrected chi connectivity index (χ2v) is 4.79. The summed E-state index contributed by atoms with van der Waals surface area (Å²) in [7, 11) is 1.77. The number of ether oxygens (including phenoxy) is 1. The molecule has 1 aliphatic rings. The Morgan fingerprint density at radius 3 is 2.94 bits per heavy atom. The molecule has 0 saturated carbocycles. The maximum Gasteiger partial charge on any atom is 0.180 e. The smallest absolute Gasteiger partial charge is 0.180 e. The molecule has 0 aliphatic carbocycles. The van der Waals surface area contributed by atoms with Crippen molar-refractivity contribution >= 4 is 5.78 Å². The summed E-state index contributed by atoms with van der Waals surface area (Å²) < 4.78 is 5.84. The van der Waals surface area contributed by atoms with Crippen molar-refractivity contribution in [2.45, 2.75) is 25.9 Å². The molecule has 0 bridgehead atoms. The maximum absolute atomic E-state index is 11.9. The fourth-order valence-corrected chi connectivity index (χ4v) is 2.09. The lowest BCUT2D eigenvalue weighted by atomic mass is 9.99. The zero-order valence-corrected chi connectivity index (χ0v) is 9.96. The molecule has 0 aromatic heterocycles. The van der Waals surface area contributed by atoms with Crippen LogP contribution in [0.1, 0.15) is 29.8 Å². The quantitative estimate of drug-likeness (QED) is 0.788. The summed E-state index contributed by atoms with van der Waals surface area (Å²) in [6.45, 7) is 4.43. The van der Waals surface area contributed by atoms with Crippen LogP contribution < -0.4 is 10.1 Å². The number of hydrogen-bond acceptors (Lipinski definition) is 3. The van der Waals surface area contributed by atoms with E-state index in [4.69, 9.17) is 4.74 Å². The van der Waals surface area contributed by atoms with Gasteiger partial charge in [0.25, 0.3) is 0 Å². The van der Waals surface area contributed by atoms with Gasteiger partial charge in [0.1, 0.15) is 11.4 Å². The topological polar surface area (TPSA) is 38.3 Å². The summed E-state index contributed by atoms with van der Waals surface area (Å²) in [6, 6.07) is 5.78. The average Bonchev–Trinajstić information content (AvgIpc) is 2.51. The van der Waals surface area contributed by atoms with Gasteiger partial charge in [0.2, 0.25) is 0 Å². The van der Waals surface area contributed by atoms with Crippen molar-refractivity contribution in [1.29, 1.82) is 0 Å². The van der Waals surface area contributed by atoms with E-state index in [0.29, 0.717) is 12.1 Å². The molecule has 0 unspecified atom stereocenters. The van der Waals surface area contributed by atoms with Crippen LogP contribution in [0.3, 0.4) is 0 Å². The number of para-hydroxylation sites is 1. The van der Waals surface area contributed by atoms with Gasteiger partial charge in [-0.05, 0) is 32.5 Å². The molecular weight excluding hydrogens is 202 g/mol. The highest BCUT2D eigenvalue weighted by molar-refractivity contribution is 6.00. The molecule has 0 spiro atoms. The van der Waals surface area contributed by atoms with E-state index in [1.54, 1.807) is 7.05 Å². The molecule has 1 aliphatic heterocycles. The first kappa shape index (κ1) is 11.1. The highest BCUT2D eigenvalue weighted by atomic mass is 16.5. The van der Waals surface area contributed by atoms with Crippen LogP contribution in [0, 0.1) is 0 Å². The number of fused-ring (bicyclic) bond motifs is 1. The minimum atomic E-state index is -0.196. The third-order valence-electron chi connectivity index (χ3n) is 2.73. The molecule has 1 aromatic rings. The van der Waals surface area contributed by atoms with Crippen LogP contribution in [0.4, 0.5) is 0 Å². The van der Waals surface area contributed by atoms with E-state index in [1.807, 2.05) is 32.0 Å². The third-order valence-corrected chi connectivity index (χ3v) is 2.73. The number of ketones is 1. The van der Waals surface area contributed by atoms with E-state index >= 15 is 0 Å². The van der Waals surface area contributed by atoms with Gasteiger partial charge in [-0.1, -0.05) is 12.1 Å². The first-order valence-corrected chi connectivity index (χ1v) is 5.52. The van der Waals surface area contributed by atoms with Crippen LogP contribution in [0.5, 0.6) is 5.75 Å². The first-order chi connectivity index (χ1) is 7.53. The zero-order valence-electron chi connectivity index (χ0n) is 9.96. The molecule has 0 amide bonds. The second-order valence-electron chi connectivity index (χ2n) is 4.79. The molecule has 1 aromatic carbocycles. The van der Waals surface area contributed by atoms with Crippen molar-refractivity contribution in [3.05, 3.63) is 29.3 Å². The Balaban J connectivity index is 2.37. The lowest BCUT2D eigenvalue weighted by Gasteiger charge is -2.17. The van der Waals surface area contributed by atoms with Crippen molar-refractivity contribution < 1.29 is 9.53 Å². The number of nitrogens with one attached hydrogen (secondary N) is 1. The maximum atomic E-state index is 11.9. The predicted molar refractivity (Wildman–Crippen MR) is 63.1 cm³/mol. The summed E-state index contributed by atoms with van der Waals surface area (Å²) in [5.74, 6) is 0.852. The van der Waals surface area contributed by atoms with Gasteiger partial charge in [0.15, 0.2) is 5.78 Å². The van der Waals surface area contributed by atoms with Crippen LogP contribution >= 0.6 is 0 Å². The average molecular weight is 219 g/mol. The molecule has 16 heavy (non-hydrogen) atoms. The van der Waals surface area contributed by atoms with Gasteiger partial charge in [0, 0.05) is 6.42 Å². The number of Topliss-reactive ketones (excluding diaryl/α,β-unsaturated/α-hetero) is 1. The van der Waals surface area contributed by atoms with Gasteiger partial charge >= 0.3 is 0 Å². The fourth-order valence-electron chi connectivity index (χ4n) is 2.09. The fraction of sp³-hybridized carbons (Fsp3) is 0.462. The van der Waals surface area contributed by atoms with E-state index < -0.39 is 0 Å². The van der Waals surface area contributed by atoms with Crippen LogP contribution in [-0.2, 0) is 6.42 Å². The number of carbonyl (C=O) groups is 1. The number of rotatable bonds is 3. The molecule has 3 nitrogen and oxygen atoms in total. The van der Waals surface area contributed by atoms with Crippen molar-refractivity contribution in [3.8, 4) is 5.75 Å². The van der Waals surface area contributed by atoms with Crippen LogP contribution in [0.2, 0.25) is 0 Å². The standard InChI is InChI=1S/C13H17NO2/c1-13(2)7-9-5-4-6-10(12(9)16-13)11(15)8-14-3/h4-6,14H,7-8H2,1-3H3. The Kier molecular flexibility index (Phi) is 2.72. The SMILES string of the molecule is CNCC(=O)c1cccc2c1OC(C)(C)C2. The Labute approximate surface area is 95.8 Å². The molecule has 2 rings (SSSR count). The van der Waals surface area contributed by atoms with E-state index in [1.165, 1.54) is 0 Å². The summed E-state index contributed by atoms with van der Waals surface area (Å²) in [4.78, 5) is 11.9. The molecule has 0 atom stereocenters. The minimum Gasteiger partial charge on any atom is -0.486 e. The minimum absolute atomic E-state index is 0.0806. The van der Waals surface area contributed by atoms with E-state index in [9.17, 15) is 4.79 Å². The number of hydrogen-bond donors (Lipinski definition) is 1. The van der Waals surface area contributed by atoms with Gasteiger partial charge < -0.3 is 10.1 Å². The summed E-state index contributed by atoms with van der Waals surface area (Å²) in [5, 5.41) is 2.87. The molecule has 3 heteroatoms. The predicted octanol–water partition coefficient (Wildman–Crippen LogP) is 1.80. The lowest BCUT2D eigenvalue weighted by Crippen LogP contribution is -2.25. The van der Waals surface area contributed by atoms with Crippen molar-refractivity contribution in [1.82, 2.24) is 5.32 Å². The Bertz CT molecular complexity index is 424. The van der Waals surface area contributed by atoms with Crippen molar-refractivity contribution in [2.24, 2.45) is 0 Å². The molecule has 86 valence electrons. The molecular formula is C13H17NO2. The highest BCUT2D eigenvalue weighted by Gasteiger charge is 2.32. The van der Waals surface area contributed by atoms with Crippen molar-refractivity contribution in [2.75, 3.05) is 13.6 Å². The molecule has 0 radical (unpaired) electrons. The summed E-state index contributed by atoms with van der Waals surface area (Å²) in [5.41, 5.74) is 1.63. The molecule has 1 N–H and O–H groups in total. The van der Waals surface area contributed by atoms with Gasteiger partial charge in [-0.25, -0.2) is 0 Å². The van der Waals surface area contributed by atoms with Crippen molar-refractivity contribution in [3.63, 3.8) is 0 Å². The third kappa shape index (κ3) is 1.95. The summed E-state index contributed by atoms with van der Waals surface area (Å²) >= 11 is 0. The van der Waals surface area contributed by atoms with Gasteiger partial charge in [-0.15, -0.1) is 0 Å². The molecule has 1 heterocycles.